The van der Waals surface area contributed by atoms with E-state index in [2.05, 4.69) is 16.0 Å². The first-order valence-corrected chi connectivity index (χ1v) is 15.9. The minimum atomic E-state index is -5.00. The van der Waals surface area contributed by atoms with Crippen LogP contribution in [-0.2, 0) is 37.3 Å². The van der Waals surface area contributed by atoms with Gasteiger partial charge in [0.25, 0.3) is 0 Å². The minimum Gasteiger partial charge on any atom is -0.512 e. The van der Waals surface area contributed by atoms with Gasteiger partial charge in [-0.1, -0.05) is 45.9 Å². The molecule has 2 aromatic heterocycles. The summed E-state index contributed by atoms with van der Waals surface area (Å²) in [5.74, 6) is -0.707. The summed E-state index contributed by atoms with van der Waals surface area (Å²) >= 11 is 1.13. The van der Waals surface area contributed by atoms with Crippen molar-refractivity contribution in [2.75, 3.05) is 0 Å². The van der Waals surface area contributed by atoms with E-state index in [1.165, 1.54) is 6.08 Å². The quantitative estimate of drug-likeness (QED) is 0.0555. The van der Waals surface area contributed by atoms with Gasteiger partial charge < -0.3 is 5.11 Å². The third-order valence-corrected chi connectivity index (χ3v) is 9.16. The van der Waals surface area contributed by atoms with Gasteiger partial charge in [-0.15, -0.1) is 23.6 Å². The topological polar surface area (TPSA) is 63.1 Å². The van der Waals surface area contributed by atoms with E-state index >= 15 is 4.39 Å². The van der Waals surface area contributed by atoms with E-state index in [1.54, 1.807) is 24.3 Å². The fourth-order valence-electron chi connectivity index (χ4n) is 5.43. The van der Waals surface area contributed by atoms with Crippen LogP contribution >= 0.6 is 11.3 Å². The van der Waals surface area contributed by atoms with Gasteiger partial charge >= 0.3 is 12.4 Å². The summed E-state index contributed by atoms with van der Waals surface area (Å²) in [4.78, 5) is 19.6. The first-order valence-electron chi connectivity index (χ1n) is 15.1. The summed E-state index contributed by atoms with van der Waals surface area (Å²) in [6.45, 7) is 8.07. The molecule has 0 saturated carbocycles. The normalized spacial score (nSPS) is 12.5. The van der Waals surface area contributed by atoms with Crippen molar-refractivity contribution in [2.45, 2.75) is 65.7 Å². The van der Waals surface area contributed by atoms with Crippen molar-refractivity contribution in [3.8, 4) is 10.6 Å². The van der Waals surface area contributed by atoms with Gasteiger partial charge in [0.05, 0.1) is 22.4 Å². The molecule has 3 aromatic carbocycles. The number of fused-ring (bicyclic) bond motifs is 3. The SMILES string of the molecule is CCC(CC)C(=O)/C=C(\O)C(CC)CC.Fc1c2cc(C(F)(F)F)ccc2c(C(F)(F)F)c2ncnc(-c3[c-]c4ccccc4s3)c12.[Ir]. The molecule has 2 heterocycles. The average Bonchev–Trinajstić information content (AvgIpc) is 3.45. The predicted octanol–water partition coefficient (Wildman–Crippen LogP) is 11.5. The first-order chi connectivity index (χ1) is 22.2. The zero-order chi connectivity index (χ0) is 34.7. The number of halogens is 7. The van der Waals surface area contributed by atoms with Gasteiger partial charge in [0.15, 0.2) is 5.78 Å². The maximum atomic E-state index is 15.6. The fourth-order valence-corrected chi connectivity index (χ4v) is 6.44. The van der Waals surface area contributed by atoms with Crippen LogP contribution in [-0.4, -0.2) is 20.9 Å². The molecule has 5 rings (SSSR count). The monoisotopic (exact) mass is 870 g/mol. The summed E-state index contributed by atoms with van der Waals surface area (Å²) < 4.78 is 97.9. The zero-order valence-electron chi connectivity index (χ0n) is 26.3. The second-order valence-electron chi connectivity index (χ2n) is 10.9. The third kappa shape index (κ3) is 8.23. The number of aromatic nitrogens is 2. The molecule has 13 heteroatoms. The number of carbonyl (C=O) groups is 1. The van der Waals surface area contributed by atoms with Crippen molar-refractivity contribution < 1.29 is 60.7 Å². The predicted molar refractivity (Wildman–Crippen MR) is 171 cm³/mol. The van der Waals surface area contributed by atoms with Crippen LogP contribution in [0.15, 0.2) is 60.6 Å². The average molecular weight is 870 g/mol. The maximum Gasteiger partial charge on any atom is 0.419 e. The van der Waals surface area contributed by atoms with Crippen molar-refractivity contribution in [3.63, 3.8) is 0 Å². The molecule has 0 aliphatic carbocycles. The second kappa shape index (κ2) is 15.9. The van der Waals surface area contributed by atoms with E-state index in [0.29, 0.717) is 23.6 Å². The molecule has 0 fully saturated rings. The molecule has 5 aromatic rings. The Morgan fingerprint density at radius 2 is 1.52 bits per heavy atom. The Balaban J connectivity index is 0.000000334. The molecule has 0 unspecified atom stereocenters. The second-order valence-corrected chi connectivity index (χ2v) is 12.0. The van der Waals surface area contributed by atoms with Crippen LogP contribution in [0.1, 0.15) is 64.5 Å². The van der Waals surface area contributed by atoms with Crippen LogP contribution in [0.2, 0.25) is 0 Å². The molecule has 0 spiro atoms. The van der Waals surface area contributed by atoms with Gasteiger partial charge in [-0.2, -0.15) is 26.3 Å². The van der Waals surface area contributed by atoms with E-state index in [9.17, 15) is 36.2 Å². The molecular weight excluding hydrogens is 838 g/mol. The van der Waals surface area contributed by atoms with E-state index < -0.39 is 51.0 Å². The number of hydrogen-bond donors (Lipinski definition) is 1. The van der Waals surface area contributed by atoms with Crippen LogP contribution in [0.3, 0.4) is 0 Å². The van der Waals surface area contributed by atoms with Crippen LogP contribution in [0.5, 0.6) is 0 Å². The molecule has 0 bridgehead atoms. The smallest absolute Gasteiger partial charge is 0.419 e. The van der Waals surface area contributed by atoms with Gasteiger partial charge in [0.2, 0.25) is 0 Å². The molecule has 48 heavy (non-hydrogen) atoms. The molecule has 1 radical (unpaired) electrons. The number of aliphatic hydroxyl groups excluding tert-OH is 1. The molecular formula is C35H32F7IrN2O2S-. The number of benzene rings is 3. The molecule has 259 valence electrons. The largest absolute Gasteiger partial charge is 0.512 e. The summed E-state index contributed by atoms with van der Waals surface area (Å²) in [5.41, 5.74) is -3.47. The summed E-state index contributed by atoms with van der Waals surface area (Å²) in [6, 6.07) is 11.4. The number of rotatable bonds is 8. The van der Waals surface area contributed by atoms with Crippen molar-refractivity contribution in [2.24, 2.45) is 11.8 Å². The van der Waals surface area contributed by atoms with Crippen LogP contribution < -0.4 is 0 Å². The summed E-state index contributed by atoms with van der Waals surface area (Å²) in [7, 11) is 0. The van der Waals surface area contributed by atoms with Crippen molar-refractivity contribution in [1.29, 1.82) is 0 Å². The number of alkyl halides is 6. The minimum absolute atomic E-state index is 0. The maximum absolute atomic E-state index is 15.6. The van der Waals surface area contributed by atoms with Crippen molar-refractivity contribution in [1.82, 2.24) is 9.97 Å². The Labute approximate surface area is 290 Å². The standard InChI is InChI=1S/C22H8F7N2S.C13H24O2.Ir/c23-18-13-8-11(21(24,25)26)5-6-12(13)17(22(27,28)29)20-16(18)19(30-9-31-20)15-7-10-3-1-2-4-14(10)32-15;1-5-10(6-2)12(14)9-13(15)11(7-3)8-4;/h1-6,8-9H;9-11,14H,5-8H2,1-4H3;/q-1;;/b;12-9-;. The van der Waals surface area contributed by atoms with E-state index in [1.807, 2.05) is 27.7 Å². The number of aliphatic hydroxyl groups is 1. The van der Waals surface area contributed by atoms with Gasteiger partial charge in [-0.3, -0.25) is 9.78 Å². The number of thiophene rings is 1. The number of nitrogens with zero attached hydrogens (tertiary/aromatic N) is 2. The Hall–Kier alpha value is -3.41. The van der Waals surface area contributed by atoms with E-state index in [-0.39, 0.29) is 54.1 Å². The molecule has 0 aliphatic heterocycles. The van der Waals surface area contributed by atoms with Crippen LogP contribution in [0, 0.1) is 23.7 Å². The molecule has 0 atom stereocenters. The van der Waals surface area contributed by atoms with Crippen molar-refractivity contribution >= 4 is 48.9 Å². The van der Waals surface area contributed by atoms with E-state index in [4.69, 9.17) is 0 Å². The zero-order valence-corrected chi connectivity index (χ0v) is 29.5. The summed E-state index contributed by atoms with van der Waals surface area (Å²) in [5, 5.41) is 8.29. The molecule has 0 saturated heterocycles. The number of ketones is 1. The Bertz CT molecular complexity index is 1900. The molecule has 0 aliphatic rings. The Morgan fingerprint density at radius 1 is 0.896 bits per heavy atom. The number of hydrogen-bond acceptors (Lipinski definition) is 5. The van der Waals surface area contributed by atoms with Gasteiger partial charge in [0, 0.05) is 54.5 Å². The van der Waals surface area contributed by atoms with Crippen molar-refractivity contribution in [3.05, 3.63) is 83.6 Å². The van der Waals surface area contributed by atoms with Gasteiger partial charge in [-0.05, 0) is 52.8 Å². The summed E-state index contributed by atoms with van der Waals surface area (Å²) in [6.07, 6.45) is -4.08. The first kappa shape index (κ1) is 39.0. The number of allylic oxidation sites excluding steroid dienone is 2. The van der Waals surface area contributed by atoms with Gasteiger partial charge in [-0.25, -0.2) is 20.7 Å². The van der Waals surface area contributed by atoms with Gasteiger partial charge in [0.1, 0.15) is 12.1 Å². The molecule has 4 nitrogen and oxygen atoms in total. The Morgan fingerprint density at radius 3 is 2.08 bits per heavy atom. The number of carbonyl (C=O) groups excluding carboxylic acids is 1. The van der Waals surface area contributed by atoms with Crippen LogP contribution in [0.25, 0.3) is 42.3 Å². The van der Waals surface area contributed by atoms with E-state index in [0.717, 1.165) is 48.0 Å². The Kier molecular flexibility index (Phi) is 12.9. The molecule has 0 amide bonds. The molecule has 1 N–H and O–H groups in total. The van der Waals surface area contributed by atoms with Crippen LogP contribution in [0.4, 0.5) is 30.7 Å². The third-order valence-electron chi connectivity index (χ3n) is 8.08. The fraction of sp³-hybridized carbons (Fsp3) is 0.343.